The number of aromatic nitrogens is 2. The average molecular weight is 456 g/mol. The zero-order valence-electron chi connectivity index (χ0n) is 15.9. The quantitative estimate of drug-likeness (QED) is 0.465. The van der Waals surface area contributed by atoms with E-state index in [0.717, 1.165) is 30.2 Å². The second-order valence-corrected chi connectivity index (χ2v) is 9.14. The number of hydrogen-bond acceptors (Lipinski definition) is 8. The zero-order valence-corrected chi connectivity index (χ0v) is 18.3. The Hall–Kier alpha value is -1.72. The first-order valence-electron chi connectivity index (χ1n) is 9.07. The standard InChI is InChI=1S/C18H22ClN5O3S2/c1-12(25)21-17-22-23-18(29-17)28-11-16(26)20-8-15-10-24(5-6-27-15)9-13-3-2-4-14(19)7-13/h2-4,7,15H,5-6,8-11H2,1H3,(H,20,26)(H,21,22,25)/t15-/m0/s1. The fraction of sp³-hybridized carbons (Fsp3) is 0.444. The summed E-state index contributed by atoms with van der Waals surface area (Å²) in [6, 6.07) is 7.84. The predicted octanol–water partition coefficient (Wildman–Crippen LogP) is 2.26. The van der Waals surface area contributed by atoms with Gasteiger partial charge in [0.05, 0.1) is 18.5 Å². The molecular weight excluding hydrogens is 434 g/mol. The summed E-state index contributed by atoms with van der Waals surface area (Å²) in [5, 5.41) is 14.4. The Bertz CT molecular complexity index is 850. The van der Waals surface area contributed by atoms with Crippen LogP contribution in [0.4, 0.5) is 5.13 Å². The Morgan fingerprint density at radius 3 is 3.07 bits per heavy atom. The van der Waals surface area contributed by atoms with Gasteiger partial charge in [-0.15, -0.1) is 10.2 Å². The number of morpholine rings is 1. The molecule has 1 aromatic carbocycles. The number of carbonyl (C=O) groups excluding carboxylic acids is 2. The summed E-state index contributed by atoms with van der Waals surface area (Å²) < 4.78 is 6.40. The topological polar surface area (TPSA) is 96.5 Å². The molecule has 0 spiro atoms. The Balaban J connectivity index is 1.38. The van der Waals surface area contributed by atoms with Crippen molar-refractivity contribution in [1.82, 2.24) is 20.4 Å². The predicted molar refractivity (Wildman–Crippen MR) is 114 cm³/mol. The van der Waals surface area contributed by atoms with E-state index >= 15 is 0 Å². The maximum absolute atomic E-state index is 12.1. The molecule has 0 bridgehead atoms. The number of ether oxygens (including phenoxy) is 1. The molecule has 1 aromatic heterocycles. The molecule has 1 atom stereocenters. The van der Waals surface area contributed by atoms with Gasteiger partial charge in [0.25, 0.3) is 0 Å². The summed E-state index contributed by atoms with van der Waals surface area (Å²) in [6.07, 6.45) is -0.0511. The van der Waals surface area contributed by atoms with Gasteiger partial charge in [-0.1, -0.05) is 46.8 Å². The summed E-state index contributed by atoms with van der Waals surface area (Å²) in [4.78, 5) is 25.4. The minimum absolute atomic E-state index is 0.0511. The number of rotatable bonds is 8. The maximum atomic E-state index is 12.1. The van der Waals surface area contributed by atoms with Crippen LogP contribution in [0.15, 0.2) is 28.6 Å². The minimum atomic E-state index is -0.202. The van der Waals surface area contributed by atoms with Crippen LogP contribution in [0.5, 0.6) is 0 Å². The fourth-order valence-corrected chi connectivity index (χ4v) is 4.66. The number of halogens is 1. The maximum Gasteiger partial charge on any atom is 0.230 e. The van der Waals surface area contributed by atoms with Gasteiger partial charge in [0, 0.05) is 38.1 Å². The number of amides is 2. The van der Waals surface area contributed by atoms with E-state index in [-0.39, 0.29) is 23.7 Å². The van der Waals surface area contributed by atoms with Crippen molar-refractivity contribution in [1.29, 1.82) is 0 Å². The van der Waals surface area contributed by atoms with E-state index in [0.29, 0.717) is 22.6 Å². The highest BCUT2D eigenvalue weighted by Crippen LogP contribution is 2.25. The Morgan fingerprint density at radius 1 is 1.41 bits per heavy atom. The second kappa shape index (κ2) is 10.9. The molecule has 156 valence electrons. The third-order valence-corrected chi connectivity index (χ3v) is 6.27. The smallest absolute Gasteiger partial charge is 0.230 e. The largest absolute Gasteiger partial charge is 0.374 e. The number of thioether (sulfide) groups is 1. The van der Waals surface area contributed by atoms with Crippen LogP contribution in [0.3, 0.4) is 0 Å². The third kappa shape index (κ3) is 7.56. The monoisotopic (exact) mass is 455 g/mol. The van der Waals surface area contributed by atoms with E-state index in [9.17, 15) is 9.59 Å². The van der Waals surface area contributed by atoms with Gasteiger partial charge in [0.2, 0.25) is 16.9 Å². The Kier molecular flexibility index (Phi) is 8.25. The van der Waals surface area contributed by atoms with Crippen LogP contribution in [0.25, 0.3) is 0 Å². The lowest BCUT2D eigenvalue weighted by Crippen LogP contribution is -2.47. The van der Waals surface area contributed by atoms with Gasteiger partial charge in [0.1, 0.15) is 0 Å². The third-order valence-electron chi connectivity index (χ3n) is 4.06. The molecule has 2 aromatic rings. The van der Waals surface area contributed by atoms with E-state index in [2.05, 4.69) is 31.8 Å². The Morgan fingerprint density at radius 2 is 2.28 bits per heavy atom. The van der Waals surface area contributed by atoms with Gasteiger partial charge in [-0.3, -0.25) is 14.5 Å². The molecule has 2 amide bonds. The molecule has 1 fully saturated rings. The molecule has 3 rings (SSSR count). The van der Waals surface area contributed by atoms with Crippen molar-refractivity contribution in [3.05, 3.63) is 34.9 Å². The van der Waals surface area contributed by atoms with Crippen LogP contribution in [-0.4, -0.2) is 65.0 Å². The number of carbonyl (C=O) groups is 2. The zero-order chi connectivity index (χ0) is 20.6. The number of anilines is 1. The van der Waals surface area contributed by atoms with Crippen molar-refractivity contribution < 1.29 is 14.3 Å². The van der Waals surface area contributed by atoms with E-state index in [1.165, 1.54) is 30.0 Å². The fourth-order valence-electron chi connectivity index (χ4n) is 2.82. The molecule has 2 N–H and O–H groups in total. The van der Waals surface area contributed by atoms with Gasteiger partial charge in [0.15, 0.2) is 4.34 Å². The van der Waals surface area contributed by atoms with Crippen molar-refractivity contribution in [2.75, 3.05) is 37.3 Å². The van der Waals surface area contributed by atoms with Crippen molar-refractivity contribution in [3.8, 4) is 0 Å². The summed E-state index contributed by atoms with van der Waals surface area (Å²) in [5.74, 6) is -0.0672. The second-order valence-electron chi connectivity index (χ2n) is 6.50. The normalized spacial score (nSPS) is 17.1. The first kappa shape index (κ1) is 22.0. The number of benzene rings is 1. The van der Waals surface area contributed by atoms with Crippen LogP contribution in [0.2, 0.25) is 5.02 Å². The number of nitrogens with one attached hydrogen (secondary N) is 2. The van der Waals surface area contributed by atoms with Crippen molar-refractivity contribution in [2.24, 2.45) is 0 Å². The summed E-state index contributed by atoms with van der Waals surface area (Å²) in [5.41, 5.74) is 1.16. The highest BCUT2D eigenvalue weighted by Gasteiger charge is 2.21. The van der Waals surface area contributed by atoms with Crippen molar-refractivity contribution in [3.63, 3.8) is 0 Å². The first-order valence-corrected chi connectivity index (χ1v) is 11.2. The van der Waals surface area contributed by atoms with Crippen molar-refractivity contribution >= 4 is 51.6 Å². The van der Waals surface area contributed by atoms with E-state index in [4.69, 9.17) is 16.3 Å². The molecule has 1 aliphatic heterocycles. The molecule has 0 unspecified atom stereocenters. The van der Waals surface area contributed by atoms with E-state index in [1.807, 2.05) is 18.2 Å². The van der Waals surface area contributed by atoms with Gasteiger partial charge >= 0.3 is 0 Å². The molecule has 2 heterocycles. The molecule has 29 heavy (non-hydrogen) atoms. The highest BCUT2D eigenvalue weighted by atomic mass is 35.5. The molecule has 0 radical (unpaired) electrons. The highest BCUT2D eigenvalue weighted by molar-refractivity contribution is 8.01. The van der Waals surface area contributed by atoms with Crippen LogP contribution >= 0.6 is 34.7 Å². The lowest BCUT2D eigenvalue weighted by atomic mass is 10.2. The summed E-state index contributed by atoms with van der Waals surface area (Å²) in [7, 11) is 0. The van der Waals surface area contributed by atoms with Gasteiger partial charge in [-0.2, -0.15) is 0 Å². The lowest BCUT2D eigenvalue weighted by molar-refractivity contribution is -0.119. The molecule has 1 aliphatic rings. The molecule has 8 nitrogen and oxygen atoms in total. The Labute approximate surface area is 182 Å². The molecule has 0 aliphatic carbocycles. The van der Waals surface area contributed by atoms with Gasteiger partial charge < -0.3 is 15.4 Å². The SMILES string of the molecule is CC(=O)Nc1nnc(SCC(=O)NC[C@H]2CN(Cc3cccc(Cl)c3)CCO2)s1. The number of hydrogen-bond donors (Lipinski definition) is 2. The minimum Gasteiger partial charge on any atom is -0.374 e. The average Bonchev–Trinajstić information content (AvgIpc) is 3.12. The first-order chi connectivity index (χ1) is 14.0. The van der Waals surface area contributed by atoms with Crippen molar-refractivity contribution in [2.45, 2.75) is 23.9 Å². The number of nitrogens with zero attached hydrogens (tertiary/aromatic N) is 3. The summed E-state index contributed by atoms with van der Waals surface area (Å²) >= 11 is 8.58. The molecule has 1 saturated heterocycles. The van der Waals surface area contributed by atoms with Crippen LogP contribution < -0.4 is 10.6 Å². The van der Waals surface area contributed by atoms with Crippen LogP contribution in [-0.2, 0) is 20.9 Å². The molecular formula is C18H22ClN5O3S2. The summed E-state index contributed by atoms with van der Waals surface area (Å²) in [6.45, 7) is 4.89. The van der Waals surface area contributed by atoms with E-state index in [1.54, 1.807) is 0 Å². The van der Waals surface area contributed by atoms with Gasteiger partial charge in [-0.25, -0.2) is 0 Å². The van der Waals surface area contributed by atoms with E-state index < -0.39 is 0 Å². The van der Waals surface area contributed by atoms with Crippen LogP contribution in [0, 0.1) is 0 Å². The molecule has 0 saturated carbocycles. The van der Waals surface area contributed by atoms with Crippen LogP contribution in [0.1, 0.15) is 12.5 Å². The van der Waals surface area contributed by atoms with Gasteiger partial charge in [-0.05, 0) is 17.7 Å². The molecule has 11 heteroatoms. The lowest BCUT2D eigenvalue weighted by Gasteiger charge is -2.33.